The Hall–Kier alpha value is -3.87. The van der Waals surface area contributed by atoms with E-state index in [2.05, 4.69) is 9.88 Å². The second-order valence-electron chi connectivity index (χ2n) is 9.22. The van der Waals surface area contributed by atoms with Crippen LogP contribution in [0.2, 0.25) is 0 Å². The smallest absolute Gasteiger partial charge is 0.335 e. The van der Waals surface area contributed by atoms with Crippen LogP contribution < -0.4 is 10.1 Å². The van der Waals surface area contributed by atoms with E-state index in [1.807, 2.05) is 30.3 Å². The van der Waals surface area contributed by atoms with Crippen molar-refractivity contribution in [2.75, 3.05) is 13.7 Å². The van der Waals surface area contributed by atoms with Crippen LogP contribution in [-0.4, -0.2) is 41.5 Å². The summed E-state index contributed by atoms with van der Waals surface area (Å²) >= 11 is 0. The first-order valence-corrected chi connectivity index (χ1v) is 12.0. The zero-order valence-electron chi connectivity index (χ0n) is 19.7. The lowest BCUT2D eigenvalue weighted by Crippen LogP contribution is -2.28. The molecule has 35 heavy (non-hydrogen) atoms. The normalized spacial score (nSPS) is 15.5. The van der Waals surface area contributed by atoms with Gasteiger partial charge in [-0.05, 0) is 66.3 Å². The molecular formula is C28H28N2O5. The third-order valence-electron chi connectivity index (χ3n) is 7.17. The van der Waals surface area contributed by atoms with Gasteiger partial charge < -0.3 is 24.5 Å². The molecule has 0 bridgehead atoms. The Bertz CT molecular complexity index is 1360. The van der Waals surface area contributed by atoms with Crippen molar-refractivity contribution < 1.29 is 24.2 Å². The Morgan fingerprint density at radius 1 is 1.14 bits per heavy atom. The number of nitrogens with zero attached hydrogens (tertiary/aromatic N) is 1. The van der Waals surface area contributed by atoms with E-state index in [9.17, 15) is 19.5 Å². The largest absolute Gasteiger partial charge is 0.497 e. The average Bonchev–Trinajstić information content (AvgIpc) is 3.09. The monoisotopic (exact) mass is 472 g/mol. The maximum Gasteiger partial charge on any atom is 0.335 e. The van der Waals surface area contributed by atoms with Gasteiger partial charge in [-0.1, -0.05) is 25.3 Å². The Morgan fingerprint density at radius 2 is 1.94 bits per heavy atom. The number of aldehydes is 1. The second kappa shape index (κ2) is 9.41. The SMILES string of the molecule is COc1ccc2c(c1)C=C(C(=O)NCC=O)Cn1c-2c(C2CCCCC2)c2ccc(C(=O)O)cc21. The van der Waals surface area contributed by atoms with Gasteiger partial charge in [0, 0.05) is 22.0 Å². The number of carboxylic acid groups (broad SMARTS) is 1. The molecule has 2 N–H and O–H groups in total. The molecule has 1 amide bonds. The van der Waals surface area contributed by atoms with Crippen molar-refractivity contribution in [1.82, 2.24) is 9.88 Å². The third-order valence-corrected chi connectivity index (χ3v) is 7.17. The van der Waals surface area contributed by atoms with Gasteiger partial charge in [0.25, 0.3) is 0 Å². The first kappa shape index (κ1) is 22.9. The minimum Gasteiger partial charge on any atom is -0.497 e. The van der Waals surface area contributed by atoms with E-state index in [-0.39, 0.29) is 24.6 Å². The number of benzene rings is 2. The summed E-state index contributed by atoms with van der Waals surface area (Å²) in [6.45, 7) is 0.195. The molecule has 0 radical (unpaired) electrons. The van der Waals surface area contributed by atoms with Gasteiger partial charge in [0.1, 0.15) is 12.0 Å². The number of hydrogen-bond acceptors (Lipinski definition) is 4. The number of ether oxygens (including phenoxy) is 1. The van der Waals surface area contributed by atoms with Gasteiger partial charge in [0.05, 0.1) is 31.5 Å². The number of carbonyl (C=O) groups excluding carboxylic acids is 2. The predicted molar refractivity (Wildman–Crippen MR) is 134 cm³/mol. The molecule has 1 aliphatic heterocycles. The zero-order chi connectivity index (χ0) is 24.5. The molecule has 180 valence electrons. The fourth-order valence-electron chi connectivity index (χ4n) is 5.56. The summed E-state index contributed by atoms with van der Waals surface area (Å²) in [5.41, 5.74) is 5.61. The summed E-state index contributed by atoms with van der Waals surface area (Å²) in [5, 5.41) is 13.4. The molecule has 0 unspecified atom stereocenters. The summed E-state index contributed by atoms with van der Waals surface area (Å²) in [7, 11) is 1.61. The lowest BCUT2D eigenvalue weighted by Gasteiger charge is -2.24. The highest BCUT2D eigenvalue weighted by atomic mass is 16.5. The Morgan fingerprint density at radius 3 is 2.66 bits per heavy atom. The van der Waals surface area contributed by atoms with E-state index >= 15 is 0 Å². The first-order valence-electron chi connectivity index (χ1n) is 12.0. The number of fused-ring (bicyclic) bond motifs is 5. The summed E-state index contributed by atoms with van der Waals surface area (Å²) in [5.74, 6) is -0.266. The molecule has 5 rings (SSSR count). The van der Waals surface area contributed by atoms with Crippen LogP contribution in [0.25, 0.3) is 28.2 Å². The highest BCUT2D eigenvalue weighted by Crippen LogP contribution is 2.47. The van der Waals surface area contributed by atoms with Crippen molar-refractivity contribution in [2.24, 2.45) is 0 Å². The van der Waals surface area contributed by atoms with Crippen LogP contribution in [0.15, 0.2) is 42.0 Å². The van der Waals surface area contributed by atoms with Gasteiger partial charge in [-0.15, -0.1) is 0 Å². The molecule has 2 aliphatic rings. The molecule has 0 spiro atoms. The highest BCUT2D eigenvalue weighted by molar-refractivity contribution is 6.03. The summed E-state index contributed by atoms with van der Waals surface area (Å²) in [6.07, 6.45) is 8.22. The topological polar surface area (TPSA) is 97.6 Å². The highest BCUT2D eigenvalue weighted by Gasteiger charge is 2.30. The fraction of sp³-hybridized carbons (Fsp3) is 0.321. The van der Waals surface area contributed by atoms with Crippen molar-refractivity contribution in [3.63, 3.8) is 0 Å². The van der Waals surface area contributed by atoms with E-state index in [4.69, 9.17) is 4.74 Å². The minimum atomic E-state index is -0.986. The molecule has 0 atom stereocenters. The molecule has 1 aromatic heterocycles. The molecule has 7 nitrogen and oxygen atoms in total. The van der Waals surface area contributed by atoms with E-state index in [0.29, 0.717) is 23.5 Å². The molecule has 0 saturated heterocycles. The van der Waals surface area contributed by atoms with Crippen LogP contribution in [0.4, 0.5) is 0 Å². The fourth-order valence-corrected chi connectivity index (χ4v) is 5.56. The van der Waals surface area contributed by atoms with Crippen molar-refractivity contribution in [3.8, 4) is 17.0 Å². The summed E-state index contributed by atoms with van der Waals surface area (Å²) in [4.78, 5) is 35.7. The standard InChI is InChI=1S/C28H28N2O5/c1-35-21-8-10-22-19(14-21)13-20(27(32)29-11-12-31)16-30-24-15-18(28(33)34)7-9-23(24)25(26(22)30)17-5-3-2-4-6-17/h7-10,12-15,17H,2-6,11,16H2,1H3,(H,29,32)(H,33,34). The van der Waals surface area contributed by atoms with Crippen LogP contribution in [0, 0.1) is 0 Å². The van der Waals surface area contributed by atoms with Crippen molar-refractivity contribution in [1.29, 1.82) is 0 Å². The van der Waals surface area contributed by atoms with Gasteiger partial charge in [-0.25, -0.2) is 4.79 Å². The maximum atomic E-state index is 13.0. The molecule has 2 heterocycles. The van der Waals surface area contributed by atoms with Crippen molar-refractivity contribution in [3.05, 3.63) is 58.7 Å². The maximum absolute atomic E-state index is 13.0. The van der Waals surface area contributed by atoms with Crippen LogP contribution >= 0.6 is 0 Å². The van der Waals surface area contributed by atoms with E-state index in [1.165, 1.54) is 12.0 Å². The number of aromatic nitrogens is 1. The summed E-state index contributed by atoms with van der Waals surface area (Å²) in [6, 6.07) is 11.2. The molecule has 3 aromatic rings. The number of hydrogen-bond donors (Lipinski definition) is 2. The average molecular weight is 473 g/mol. The van der Waals surface area contributed by atoms with Gasteiger partial charge >= 0.3 is 5.97 Å². The predicted octanol–water partition coefficient (Wildman–Crippen LogP) is 4.77. The van der Waals surface area contributed by atoms with Crippen LogP contribution in [0.1, 0.15) is 59.5 Å². The molecule has 1 fully saturated rings. The number of methoxy groups -OCH3 is 1. The Kier molecular flexibility index (Phi) is 6.16. The number of nitrogens with one attached hydrogen (secondary N) is 1. The first-order chi connectivity index (χ1) is 17.0. The van der Waals surface area contributed by atoms with Crippen LogP contribution in [0.3, 0.4) is 0 Å². The zero-order valence-corrected chi connectivity index (χ0v) is 19.7. The summed E-state index contributed by atoms with van der Waals surface area (Å²) < 4.78 is 7.55. The minimum absolute atomic E-state index is 0.0725. The molecule has 7 heteroatoms. The van der Waals surface area contributed by atoms with Crippen molar-refractivity contribution >= 4 is 35.1 Å². The lowest BCUT2D eigenvalue weighted by atomic mass is 9.81. The second-order valence-corrected chi connectivity index (χ2v) is 9.22. The number of rotatable bonds is 6. The number of aromatic carboxylic acids is 1. The number of amides is 1. The van der Waals surface area contributed by atoms with Gasteiger partial charge in [-0.2, -0.15) is 0 Å². The Labute approximate surface area is 203 Å². The van der Waals surface area contributed by atoms with Crippen LogP contribution in [0.5, 0.6) is 5.75 Å². The van der Waals surface area contributed by atoms with E-state index in [1.54, 1.807) is 19.2 Å². The number of carbonyl (C=O) groups is 3. The molecule has 2 aromatic carbocycles. The quantitative estimate of drug-likeness (QED) is 0.504. The molecular weight excluding hydrogens is 444 g/mol. The third kappa shape index (κ3) is 4.11. The lowest BCUT2D eigenvalue weighted by molar-refractivity contribution is -0.119. The van der Waals surface area contributed by atoms with Gasteiger partial charge in [0.15, 0.2) is 0 Å². The van der Waals surface area contributed by atoms with E-state index < -0.39 is 5.97 Å². The van der Waals surface area contributed by atoms with Gasteiger partial charge in [0.2, 0.25) is 5.91 Å². The van der Waals surface area contributed by atoms with Crippen molar-refractivity contribution in [2.45, 2.75) is 44.6 Å². The number of carboxylic acids is 1. The molecule has 1 aliphatic carbocycles. The Balaban J connectivity index is 1.81. The van der Waals surface area contributed by atoms with E-state index in [0.717, 1.165) is 53.4 Å². The molecule has 1 saturated carbocycles. The van der Waals surface area contributed by atoms with Crippen LogP contribution in [-0.2, 0) is 16.1 Å². The van der Waals surface area contributed by atoms with Gasteiger partial charge in [-0.3, -0.25) is 4.79 Å².